The molecule has 1 aliphatic carbocycles. The Morgan fingerprint density at radius 1 is 1.09 bits per heavy atom. The fraction of sp³-hybridized carbons (Fsp3) is 0.316. The predicted molar refractivity (Wildman–Crippen MR) is 96.6 cm³/mol. The zero-order valence-corrected chi connectivity index (χ0v) is 14.6. The number of fused-ring (bicyclic) bond motifs is 2. The van der Waals surface area contributed by atoms with Gasteiger partial charge >= 0.3 is 0 Å². The first kappa shape index (κ1) is 15.1. The second-order valence-electron chi connectivity index (χ2n) is 6.33. The van der Waals surface area contributed by atoms with Gasteiger partial charge in [0.05, 0.1) is 0 Å². The van der Waals surface area contributed by atoms with Crippen molar-refractivity contribution < 1.29 is 4.79 Å². The van der Waals surface area contributed by atoms with Crippen LogP contribution in [0.15, 0.2) is 35.2 Å². The fourth-order valence-corrected chi connectivity index (χ4v) is 4.62. The molecule has 0 spiro atoms. The molecule has 2 aliphatic rings. The molecule has 4 heteroatoms. The highest BCUT2D eigenvalue weighted by Crippen LogP contribution is 2.40. The van der Waals surface area contributed by atoms with E-state index in [1.807, 2.05) is 18.2 Å². The molecule has 4 rings (SSSR count). The van der Waals surface area contributed by atoms with Crippen molar-refractivity contribution in [1.82, 2.24) is 4.90 Å². The molecule has 1 saturated heterocycles. The maximum absolute atomic E-state index is 12.7. The first-order chi connectivity index (χ1) is 11.1. The number of carbonyl (C=O) groups is 1. The molecule has 0 bridgehead atoms. The van der Waals surface area contributed by atoms with Crippen LogP contribution in [0.5, 0.6) is 0 Å². The van der Waals surface area contributed by atoms with Gasteiger partial charge in [0.25, 0.3) is 0 Å². The van der Waals surface area contributed by atoms with Crippen LogP contribution >= 0.6 is 22.9 Å². The van der Waals surface area contributed by atoms with Gasteiger partial charge in [-0.3, -0.25) is 4.79 Å². The van der Waals surface area contributed by atoms with Crippen molar-refractivity contribution in [2.24, 2.45) is 0 Å². The number of hydrogen-bond donors (Lipinski definition) is 0. The topological polar surface area (TPSA) is 20.3 Å². The molecule has 1 aromatic heterocycles. The van der Waals surface area contributed by atoms with Gasteiger partial charge in [0.1, 0.15) is 0 Å². The van der Waals surface area contributed by atoms with Crippen molar-refractivity contribution >= 4 is 34.3 Å². The smallest absolute Gasteiger partial charge is 0.168 e. The number of carbonyl (C=O) groups excluding carboxylic acids is 1. The molecule has 1 fully saturated rings. The van der Waals surface area contributed by atoms with Gasteiger partial charge < -0.3 is 4.90 Å². The zero-order valence-electron chi connectivity index (χ0n) is 13.1. The minimum Gasteiger partial charge on any atom is -0.306 e. The number of hydrogen-bond acceptors (Lipinski definition) is 3. The molecule has 2 nitrogen and oxygen atoms in total. The van der Waals surface area contributed by atoms with Crippen LogP contribution in [0.3, 0.4) is 0 Å². The maximum atomic E-state index is 12.7. The molecule has 1 aliphatic heterocycles. The summed E-state index contributed by atoms with van der Waals surface area (Å²) < 4.78 is 0. The summed E-state index contributed by atoms with van der Waals surface area (Å²) in [6.45, 7) is 2.16. The van der Waals surface area contributed by atoms with Crippen LogP contribution in [-0.4, -0.2) is 30.8 Å². The van der Waals surface area contributed by atoms with E-state index in [0.717, 1.165) is 37.1 Å². The van der Waals surface area contributed by atoms with Gasteiger partial charge in [-0.05, 0) is 60.2 Å². The molecule has 0 amide bonds. The molecule has 0 radical (unpaired) electrons. The second kappa shape index (κ2) is 5.90. The third-order valence-corrected chi connectivity index (χ3v) is 5.99. The predicted octanol–water partition coefficient (Wildman–Crippen LogP) is 4.67. The van der Waals surface area contributed by atoms with Crippen LogP contribution in [0.25, 0.3) is 5.57 Å². The monoisotopic (exact) mass is 343 g/mol. The average Bonchev–Trinajstić information content (AvgIpc) is 2.94. The highest BCUT2D eigenvalue weighted by molar-refractivity contribution is 7.10. The molecule has 0 saturated carbocycles. The summed E-state index contributed by atoms with van der Waals surface area (Å²) in [5, 5.41) is 2.74. The third-order valence-electron chi connectivity index (χ3n) is 4.83. The highest BCUT2D eigenvalue weighted by Gasteiger charge is 2.27. The normalized spacial score (nSPS) is 18.6. The van der Waals surface area contributed by atoms with Crippen molar-refractivity contribution in [3.8, 4) is 0 Å². The van der Waals surface area contributed by atoms with Crippen LogP contribution in [0.2, 0.25) is 5.02 Å². The van der Waals surface area contributed by atoms with Gasteiger partial charge in [0.2, 0.25) is 0 Å². The summed E-state index contributed by atoms with van der Waals surface area (Å²) in [4.78, 5) is 16.3. The zero-order chi connectivity index (χ0) is 16.0. The largest absolute Gasteiger partial charge is 0.306 e. The average molecular weight is 344 g/mol. The van der Waals surface area contributed by atoms with Gasteiger partial charge in [-0.2, -0.15) is 0 Å². The van der Waals surface area contributed by atoms with E-state index in [0.29, 0.717) is 11.4 Å². The molecule has 2 heterocycles. The molecule has 118 valence electrons. The van der Waals surface area contributed by atoms with Crippen molar-refractivity contribution in [1.29, 1.82) is 0 Å². The van der Waals surface area contributed by atoms with Crippen molar-refractivity contribution in [2.75, 3.05) is 20.1 Å². The van der Waals surface area contributed by atoms with E-state index in [1.54, 1.807) is 11.3 Å². The van der Waals surface area contributed by atoms with Gasteiger partial charge in [-0.1, -0.05) is 23.2 Å². The van der Waals surface area contributed by atoms with E-state index in [2.05, 4.69) is 23.4 Å². The number of thiophene rings is 1. The molecule has 0 N–H and O–H groups in total. The molecule has 23 heavy (non-hydrogen) atoms. The quantitative estimate of drug-likeness (QED) is 0.693. The Morgan fingerprint density at radius 2 is 1.87 bits per heavy atom. The first-order valence-corrected chi connectivity index (χ1v) is 9.19. The SMILES string of the molecule is CN1CCC(=C2c3ccc(Cl)cc3C(=O)Cc3sccc32)CC1. The molecule has 2 aromatic rings. The van der Waals surface area contributed by atoms with Gasteiger partial charge in [-0.15, -0.1) is 11.3 Å². The van der Waals surface area contributed by atoms with Crippen LogP contribution < -0.4 is 0 Å². The lowest BCUT2D eigenvalue weighted by molar-refractivity contribution is 0.0994. The van der Waals surface area contributed by atoms with Gasteiger partial charge in [-0.25, -0.2) is 0 Å². The lowest BCUT2D eigenvalue weighted by atomic mass is 9.87. The summed E-state index contributed by atoms with van der Waals surface area (Å²) in [5.41, 5.74) is 5.86. The number of likely N-dealkylation sites (tertiary alicyclic amines) is 1. The van der Waals surface area contributed by atoms with Crippen molar-refractivity contribution in [2.45, 2.75) is 19.3 Å². The maximum Gasteiger partial charge on any atom is 0.168 e. The molecule has 0 unspecified atom stereocenters. The van der Waals surface area contributed by atoms with Gasteiger partial charge in [0, 0.05) is 35.0 Å². The molecule has 1 aromatic carbocycles. The van der Waals surface area contributed by atoms with E-state index in [1.165, 1.54) is 21.6 Å². The minimum absolute atomic E-state index is 0.176. The standard InChI is InChI=1S/C19H18ClNOS/c1-21-7-4-12(5-8-21)19-14-3-2-13(20)10-16(14)17(22)11-18-15(19)6-9-23-18/h2-3,6,9-10H,4-5,7-8,11H2,1H3. The summed E-state index contributed by atoms with van der Waals surface area (Å²) in [6, 6.07) is 7.95. The van der Waals surface area contributed by atoms with Crippen molar-refractivity contribution in [3.63, 3.8) is 0 Å². The minimum atomic E-state index is 0.176. The number of nitrogens with zero attached hydrogens (tertiary/aromatic N) is 1. The van der Waals surface area contributed by atoms with Gasteiger partial charge in [0.15, 0.2) is 5.78 Å². The Morgan fingerprint density at radius 3 is 2.65 bits per heavy atom. The van der Waals surface area contributed by atoms with E-state index < -0.39 is 0 Å². The fourth-order valence-electron chi connectivity index (χ4n) is 3.57. The second-order valence-corrected chi connectivity index (χ2v) is 7.77. The van der Waals surface area contributed by atoms with Crippen molar-refractivity contribution in [3.05, 3.63) is 61.8 Å². The number of benzene rings is 1. The highest BCUT2D eigenvalue weighted by atomic mass is 35.5. The summed E-state index contributed by atoms with van der Waals surface area (Å²) in [5.74, 6) is 0.176. The van der Waals surface area contributed by atoms with E-state index >= 15 is 0 Å². The van der Waals surface area contributed by atoms with E-state index in [4.69, 9.17) is 11.6 Å². The Labute approximate surface area is 145 Å². The summed E-state index contributed by atoms with van der Waals surface area (Å²) in [7, 11) is 2.17. The molecular weight excluding hydrogens is 326 g/mol. The Bertz CT molecular complexity index is 811. The Balaban J connectivity index is 1.97. The molecular formula is C19H18ClNOS. The number of piperidine rings is 1. The van der Waals surface area contributed by atoms with Crippen LogP contribution in [0.1, 0.15) is 39.2 Å². The van der Waals surface area contributed by atoms with Crippen LogP contribution in [0.4, 0.5) is 0 Å². The Kier molecular flexibility index (Phi) is 3.88. The summed E-state index contributed by atoms with van der Waals surface area (Å²) >= 11 is 7.85. The van der Waals surface area contributed by atoms with Crippen LogP contribution in [0, 0.1) is 0 Å². The van der Waals surface area contributed by atoms with E-state index in [9.17, 15) is 4.79 Å². The number of ketones is 1. The lowest BCUT2D eigenvalue weighted by Gasteiger charge is -2.27. The molecule has 0 atom stereocenters. The number of halogens is 1. The Hall–Kier alpha value is -1.42. The third kappa shape index (κ3) is 2.67. The van der Waals surface area contributed by atoms with Crippen LogP contribution in [-0.2, 0) is 6.42 Å². The number of Topliss-reactive ketones (excluding diaryl/α,β-unsaturated/α-hetero) is 1. The number of rotatable bonds is 0. The first-order valence-electron chi connectivity index (χ1n) is 7.94. The summed E-state index contributed by atoms with van der Waals surface area (Å²) in [6.07, 6.45) is 2.62. The van der Waals surface area contributed by atoms with E-state index in [-0.39, 0.29) is 5.78 Å². The lowest BCUT2D eigenvalue weighted by Crippen LogP contribution is -2.27.